The van der Waals surface area contributed by atoms with Gasteiger partial charge in [-0.3, -0.25) is 0 Å². The minimum Gasteiger partial charge on any atom is -0.399 e. The van der Waals surface area contributed by atoms with E-state index in [1.807, 2.05) is 0 Å². The largest absolute Gasteiger partial charge is 0.399 e. The van der Waals surface area contributed by atoms with Gasteiger partial charge >= 0.3 is 0 Å². The number of nitrogens with one attached hydrogen (secondary N) is 1. The van der Waals surface area contributed by atoms with E-state index in [-0.39, 0.29) is 16.5 Å². The lowest BCUT2D eigenvalue weighted by Crippen LogP contribution is -2.37. The maximum Gasteiger partial charge on any atom is 0.242 e. The Morgan fingerprint density at radius 1 is 1.53 bits per heavy atom. The first-order valence-corrected chi connectivity index (χ1v) is 6.95. The van der Waals surface area contributed by atoms with Crippen molar-refractivity contribution < 1.29 is 13.5 Å². The minimum atomic E-state index is -3.76. The Hall–Kier alpha value is -0.820. The molecule has 5 nitrogen and oxygen atoms in total. The van der Waals surface area contributed by atoms with Crippen molar-refractivity contribution in [2.75, 3.05) is 12.3 Å². The Kier molecular flexibility index (Phi) is 4.76. The Bertz CT molecular complexity index is 486. The molecule has 0 saturated heterocycles. The van der Waals surface area contributed by atoms with Crippen LogP contribution in [0.2, 0.25) is 5.02 Å². The molecule has 0 aliphatic carbocycles. The second-order valence-corrected chi connectivity index (χ2v) is 5.69. The molecule has 0 amide bonds. The van der Waals surface area contributed by atoms with E-state index in [9.17, 15) is 8.42 Å². The van der Waals surface area contributed by atoms with Gasteiger partial charge in [-0.15, -0.1) is 0 Å². The summed E-state index contributed by atoms with van der Waals surface area (Å²) < 4.78 is 26.3. The molecule has 17 heavy (non-hydrogen) atoms. The van der Waals surface area contributed by atoms with Crippen LogP contribution >= 0.6 is 11.6 Å². The molecular weight excluding hydrogens is 264 g/mol. The third-order valence-electron chi connectivity index (χ3n) is 2.28. The van der Waals surface area contributed by atoms with Gasteiger partial charge in [0.15, 0.2) is 0 Å². The van der Waals surface area contributed by atoms with Crippen molar-refractivity contribution in [2.45, 2.75) is 24.3 Å². The third kappa shape index (κ3) is 3.57. The quantitative estimate of drug-likeness (QED) is 0.700. The molecule has 0 aromatic heterocycles. The average Bonchev–Trinajstić information content (AvgIpc) is 2.29. The number of hydrogen-bond acceptors (Lipinski definition) is 4. The summed E-state index contributed by atoms with van der Waals surface area (Å²) in [4.78, 5) is -0.0777. The van der Waals surface area contributed by atoms with Crippen LogP contribution in [0.3, 0.4) is 0 Å². The molecule has 0 heterocycles. The summed E-state index contributed by atoms with van der Waals surface area (Å²) in [5.74, 6) is 0. The van der Waals surface area contributed by atoms with Crippen molar-refractivity contribution in [1.29, 1.82) is 0 Å². The number of halogens is 1. The molecule has 0 fully saturated rings. The molecule has 0 spiro atoms. The van der Waals surface area contributed by atoms with Crippen LogP contribution in [0.4, 0.5) is 5.69 Å². The number of aliphatic hydroxyl groups is 1. The normalized spacial score (nSPS) is 13.6. The van der Waals surface area contributed by atoms with Crippen molar-refractivity contribution in [3.63, 3.8) is 0 Å². The summed E-state index contributed by atoms with van der Waals surface area (Å²) in [6.45, 7) is 1.50. The Morgan fingerprint density at radius 2 is 2.18 bits per heavy atom. The fourth-order valence-corrected chi connectivity index (χ4v) is 3.10. The van der Waals surface area contributed by atoms with E-state index >= 15 is 0 Å². The third-order valence-corrected chi connectivity index (χ3v) is 4.28. The highest BCUT2D eigenvalue weighted by Gasteiger charge is 2.21. The predicted octanol–water partition coefficient (Wildman–Crippen LogP) is 0.971. The van der Waals surface area contributed by atoms with E-state index < -0.39 is 16.1 Å². The lowest BCUT2D eigenvalue weighted by atomic mass is 10.3. The molecular formula is C10H15ClN2O3S. The van der Waals surface area contributed by atoms with Crippen LogP contribution in [0.25, 0.3) is 0 Å². The zero-order chi connectivity index (χ0) is 13.1. The van der Waals surface area contributed by atoms with Gasteiger partial charge in [-0.2, -0.15) is 0 Å². The Balaban J connectivity index is 3.09. The number of anilines is 1. The molecule has 7 heteroatoms. The first-order chi connectivity index (χ1) is 7.90. The van der Waals surface area contributed by atoms with Gasteiger partial charge in [0.05, 0.1) is 11.6 Å². The van der Waals surface area contributed by atoms with E-state index in [0.29, 0.717) is 12.1 Å². The lowest BCUT2D eigenvalue weighted by Gasteiger charge is -2.15. The number of benzene rings is 1. The summed E-state index contributed by atoms with van der Waals surface area (Å²) >= 11 is 5.81. The van der Waals surface area contributed by atoms with Gasteiger partial charge < -0.3 is 10.8 Å². The topological polar surface area (TPSA) is 92.4 Å². The van der Waals surface area contributed by atoms with Crippen molar-refractivity contribution in [3.05, 3.63) is 23.2 Å². The number of aliphatic hydroxyl groups excluding tert-OH is 1. The van der Waals surface area contributed by atoms with Gasteiger partial charge in [-0.25, -0.2) is 13.1 Å². The number of hydrogen-bond donors (Lipinski definition) is 3. The molecule has 0 radical (unpaired) electrons. The van der Waals surface area contributed by atoms with E-state index in [0.717, 1.165) is 0 Å². The maximum absolute atomic E-state index is 12.0. The fraction of sp³-hybridized carbons (Fsp3) is 0.400. The van der Waals surface area contributed by atoms with Crippen LogP contribution in [0.5, 0.6) is 0 Å². The second kappa shape index (κ2) is 5.68. The minimum absolute atomic E-state index is 0.0777. The first kappa shape index (κ1) is 14.2. The van der Waals surface area contributed by atoms with Crippen LogP contribution in [-0.2, 0) is 10.0 Å². The Morgan fingerprint density at radius 3 is 2.71 bits per heavy atom. The molecule has 96 valence electrons. The molecule has 0 bridgehead atoms. The standard InChI is InChI=1S/C10H15ClN2O3S/c1-2-8(6-14)13-17(15,16)10-5-7(12)3-4-9(10)11/h3-5,8,13-14H,2,6,12H2,1H3. The number of nitrogens with two attached hydrogens (primary N) is 1. The van der Waals surface area contributed by atoms with Crippen LogP contribution in [0.15, 0.2) is 23.1 Å². The molecule has 0 aliphatic heterocycles. The zero-order valence-electron chi connectivity index (χ0n) is 9.35. The molecule has 0 aliphatic rings. The van der Waals surface area contributed by atoms with Gasteiger partial charge in [0, 0.05) is 11.7 Å². The summed E-state index contributed by atoms with van der Waals surface area (Å²) in [5.41, 5.74) is 5.83. The molecule has 1 rings (SSSR count). The van der Waals surface area contributed by atoms with Crippen LogP contribution in [-0.4, -0.2) is 26.2 Å². The van der Waals surface area contributed by atoms with Crippen LogP contribution < -0.4 is 10.5 Å². The highest BCUT2D eigenvalue weighted by Crippen LogP contribution is 2.23. The van der Waals surface area contributed by atoms with E-state index in [1.165, 1.54) is 18.2 Å². The number of rotatable bonds is 5. The molecule has 1 aromatic carbocycles. The van der Waals surface area contributed by atoms with Crippen LogP contribution in [0.1, 0.15) is 13.3 Å². The molecule has 0 saturated carbocycles. The molecule has 1 aromatic rings. The number of sulfonamides is 1. The predicted molar refractivity (Wildman–Crippen MR) is 67.4 cm³/mol. The van der Waals surface area contributed by atoms with E-state index in [1.54, 1.807) is 6.92 Å². The van der Waals surface area contributed by atoms with Crippen molar-refractivity contribution in [3.8, 4) is 0 Å². The summed E-state index contributed by atoms with van der Waals surface area (Å²) in [6, 6.07) is 3.70. The lowest BCUT2D eigenvalue weighted by molar-refractivity contribution is 0.254. The molecule has 1 atom stereocenters. The highest BCUT2D eigenvalue weighted by molar-refractivity contribution is 7.89. The van der Waals surface area contributed by atoms with E-state index in [4.69, 9.17) is 22.4 Å². The van der Waals surface area contributed by atoms with Gasteiger partial charge in [0.2, 0.25) is 10.0 Å². The SMILES string of the molecule is CCC(CO)NS(=O)(=O)c1cc(N)ccc1Cl. The summed E-state index contributed by atoms with van der Waals surface area (Å²) in [6.07, 6.45) is 0.482. The van der Waals surface area contributed by atoms with E-state index in [2.05, 4.69) is 4.72 Å². The first-order valence-electron chi connectivity index (χ1n) is 5.09. The fourth-order valence-electron chi connectivity index (χ4n) is 1.26. The zero-order valence-corrected chi connectivity index (χ0v) is 10.9. The Labute approximate surface area is 106 Å². The average molecular weight is 279 g/mol. The van der Waals surface area contributed by atoms with Gasteiger partial charge in [-0.05, 0) is 24.6 Å². The number of nitrogen functional groups attached to an aromatic ring is 1. The maximum atomic E-state index is 12.0. The van der Waals surface area contributed by atoms with Gasteiger partial charge in [0.1, 0.15) is 4.90 Å². The smallest absolute Gasteiger partial charge is 0.242 e. The summed E-state index contributed by atoms with van der Waals surface area (Å²) in [7, 11) is -3.76. The van der Waals surface area contributed by atoms with Crippen molar-refractivity contribution in [1.82, 2.24) is 4.72 Å². The monoisotopic (exact) mass is 278 g/mol. The van der Waals surface area contributed by atoms with Crippen molar-refractivity contribution in [2.24, 2.45) is 0 Å². The van der Waals surface area contributed by atoms with Crippen LogP contribution in [0, 0.1) is 0 Å². The molecule has 1 unspecified atom stereocenters. The van der Waals surface area contributed by atoms with Crippen molar-refractivity contribution >= 4 is 27.3 Å². The molecule has 4 N–H and O–H groups in total. The summed E-state index contributed by atoms with van der Waals surface area (Å²) in [5, 5.41) is 9.07. The second-order valence-electron chi connectivity index (χ2n) is 3.60. The van der Waals surface area contributed by atoms with Gasteiger partial charge in [-0.1, -0.05) is 18.5 Å². The highest BCUT2D eigenvalue weighted by atomic mass is 35.5. The van der Waals surface area contributed by atoms with Gasteiger partial charge in [0.25, 0.3) is 0 Å².